The lowest BCUT2D eigenvalue weighted by Crippen LogP contribution is -2.15. The van der Waals surface area contributed by atoms with Crippen LogP contribution in [0.1, 0.15) is 19.8 Å². The van der Waals surface area contributed by atoms with E-state index in [9.17, 15) is 5.11 Å². The van der Waals surface area contributed by atoms with Gasteiger partial charge in [0, 0.05) is 5.70 Å². The predicted molar refractivity (Wildman–Crippen MR) is 49.9 cm³/mol. The molecule has 11 heavy (non-hydrogen) atoms. The highest BCUT2D eigenvalue weighted by Crippen LogP contribution is 2.16. The monoisotopic (exact) mass is 171 g/mol. The van der Waals surface area contributed by atoms with E-state index >= 15 is 0 Å². The minimum atomic E-state index is -0.348. The lowest BCUT2D eigenvalue weighted by Gasteiger charge is -2.07. The van der Waals surface area contributed by atoms with Crippen molar-refractivity contribution < 1.29 is 5.11 Å². The zero-order valence-corrected chi connectivity index (χ0v) is 7.69. The van der Waals surface area contributed by atoms with E-state index in [0.29, 0.717) is 0 Å². The third kappa shape index (κ3) is 2.34. The summed E-state index contributed by atoms with van der Waals surface area (Å²) < 4.78 is 0. The number of aliphatic hydroxyl groups excluding tert-OH is 1. The van der Waals surface area contributed by atoms with Crippen LogP contribution in [0.3, 0.4) is 0 Å². The van der Waals surface area contributed by atoms with Crippen molar-refractivity contribution in [2.24, 2.45) is 4.99 Å². The Morgan fingerprint density at radius 1 is 1.73 bits per heavy atom. The zero-order valence-electron chi connectivity index (χ0n) is 6.87. The number of nitrogens with zero attached hydrogens (tertiary/aromatic N) is 1. The number of hydrogen-bond acceptors (Lipinski definition) is 3. The topological polar surface area (TPSA) is 32.6 Å². The summed E-state index contributed by atoms with van der Waals surface area (Å²) in [4.78, 5) is 4.27. The van der Waals surface area contributed by atoms with Crippen molar-refractivity contribution in [3.05, 3.63) is 11.8 Å². The second-order valence-electron chi connectivity index (χ2n) is 2.59. The van der Waals surface area contributed by atoms with E-state index < -0.39 is 0 Å². The number of rotatable bonds is 0. The minimum absolute atomic E-state index is 0.348. The van der Waals surface area contributed by atoms with Gasteiger partial charge in [-0.15, -0.1) is 11.8 Å². The van der Waals surface area contributed by atoms with Gasteiger partial charge in [-0.05, 0) is 26.0 Å². The average molecular weight is 171 g/mol. The normalized spacial score (nSPS) is 25.5. The highest BCUT2D eigenvalue weighted by Gasteiger charge is 2.13. The Labute approximate surface area is 71.4 Å². The van der Waals surface area contributed by atoms with E-state index in [2.05, 4.69) is 11.1 Å². The first-order valence-electron chi connectivity index (χ1n) is 3.71. The largest absolute Gasteiger partial charge is 0.386 e. The second kappa shape index (κ2) is 3.93. The smallest absolute Gasteiger partial charge is 0.102 e. The van der Waals surface area contributed by atoms with Crippen molar-refractivity contribution >= 4 is 16.8 Å². The van der Waals surface area contributed by atoms with Gasteiger partial charge in [0.2, 0.25) is 0 Å². The molecule has 1 heterocycles. The second-order valence-corrected chi connectivity index (χ2v) is 3.42. The lowest BCUT2D eigenvalue weighted by molar-refractivity contribution is 0.236. The van der Waals surface area contributed by atoms with Crippen LogP contribution in [0.4, 0.5) is 0 Å². The summed E-state index contributed by atoms with van der Waals surface area (Å²) >= 11 is 1.53. The number of hydrogen-bond donors (Lipinski definition) is 1. The first kappa shape index (κ1) is 8.81. The summed E-state index contributed by atoms with van der Waals surface area (Å²) in [5.41, 5.74) is 1.02. The summed E-state index contributed by atoms with van der Waals surface area (Å²) in [5.74, 6) is 0. The van der Waals surface area contributed by atoms with Gasteiger partial charge in [0.15, 0.2) is 0 Å². The van der Waals surface area contributed by atoms with Crippen LogP contribution in [0.15, 0.2) is 16.8 Å². The van der Waals surface area contributed by atoms with Gasteiger partial charge in [0.25, 0.3) is 0 Å². The highest BCUT2D eigenvalue weighted by molar-refractivity contribution is 8.13. The van der Waals surface area contributed by atoms with Crippen molar-refractivity contribution in [1.29, 1.82) is 0 Å². The highest BCUT2D eigenvalue weighted by atomic mass is 32.2. The zero-order chi connectivity index (χ0) is 8.27. The Kier molecular flexibility index (Phi) is 3.15. The Hall–Kier alpha value is -0.280. The van der Waals surface area contributed by atoms with Crippen LogP contribution in [0.5, 0.6) is 0 Å². The number of aliphatic hydroxyl groups is 1. The van der Waals surface area contributed by atoms with E-state index in [-0.39, 0.29) is 6.10 Å². The minimum Gasteiger partial charge on any atom is -0.386 e. The molecule has 1 aliphatic heterocycles. The van der Waals surface area contributed by atoms with Gasteiger partial charge in [0.05, 0.1) is 0 Å². The molecule has 0 aromatic rings. The molecule has 1 aliphatic rings. The molecule has 0 aromatic heterocycles. The van der Waals surface area contributed by atoms with E-state index in [1.165, 1.54) is 11.8 Å². The quantitative estimate of drug-likeness (QED) is 0.603. The van der Waals surface area contributed by atoms with E-state index in [1.54, 1.807) is 0 Å². The summed E-state index contributed by atoms with van der Waals surface area (Å²) in [6.45, 7) is 1.97. The third-order valence-electron chi connectivity index (χ3n) is 1.66. The fourth-order valence-electron chi connectivity index (χ4n) is 1.05. The van der Waals surface area contributed by atoms with Crippen LogP contribution in [0, 0.1) is 0 Å². The van der Waals surface area contributed by atoms with Crippen molar-refractivity contribution in [2.45, 2.75) is 25.9 Å². The molecule has 0 saturated heterocycles. The molecular formula is C8H13NOS. The molecule has 0 bridgehead atoms. The summed E-state index contributed by atoms with van der Waals surface area (Å²) in [6, 6.07) is 0. The van der Waals surface area contributed by atoms with Gasteiger partial charge in [-0.2, -0.15) is 0 Å². The van der Waals surface area contributed by atoms with Crippen molar-refractivity contribution in [3.63, 3.8) is 0 Å². The molecular weight excluding hydrogens is 158 g/mol. The van der Waals surface area contributed by atoms with Crippen molar-refractivity contribution in [3.8, 4) is 0 Å². The van der Waals surface area contributed by atoms with Crippen LogP contribution in [-0.4, -0.2) is 22.5 Å². The Morgan fingerprint density at radius 2 is 2.45 bits per heavy atom. The summed E-state index contributed by atoms with van der Waals surface area (Å²) in [6.07, 6.45) is 5.39. The Morgan fingerprint density at radius 3 is 3.09 bits per heavy atom. The molecule has 2 nitrogen and oxygen atoms in total. The van der Waals surface area contributed by atoms with Gasteiger partial charge in [-0.1, -0.05) is 6.08 Å². The maximum Gasteiger partial charge on any atom is 0.102 e. The van der Waals surface area contributed by atoms with Gasteiger partial charge in [0.1, 0.15) is 11.1 Å². The van der Waals surface area contributed by atoms with Gasteiger partial charge in [-0.25, -0.2) is 4.99 Å². The van der Waals surface area contributed by atoms with Crippen molar-refractivity contribution in [1.82, 2.24) is 0 Å². The van der Waals surface area contributed by atoms with E-state index in [4.69, 9.17) is 0 Å². The third-order valence-corrected chi connectivity index (χ3v) is 2.44. The molecule has 1 N–H and O–H groups in total. The maximum atomic E-state index is 9.48. The van der Waals surface area contributed by atoms with Gasteiger partial charge < -0.3 is 5.11 Å². The Balaban J connectivity index is 2.76. The van der Waals surface area contributed by atoms with Crippen LogP contribution >= 0.6 is 11.8 Å². The molecule has 0 saturated carbocycles. The van der Waals surface area contributed by atoms with Gasteiger partial charge in [-0.3, -0.25) is 0 Å². The predicted octanol–water partition coefficient (Wildman–Crippen LogP) is 1.81. The van der Waals surface area contributed by atoms with E-state index in [1.807, 2.05) is 13.2 Å². The average Bonchev–Trinajstić information content (AvgIpc) is 2.13. The molecule has 3 heteroatoms. The van der Waals surface area contributed by atoms with Gasteiger partial charge >= 0.3 is 0 Å². The first-order chi connectivity index (χ1) is 5.24. The molecule has 0 aliphatic carbocycles. The molecule has 1 unspecified atom stereocenters. The maximum absolute atomic E-state index is 9.48. The van der Waals surface area contributed by atoms with E-state index in [0.717, 1.165) is 23.6 Å². The van der Waals surface area contributed by atoms with Crippen LogP contribution in [0.25, 0.3) is 0 Å². The van der Waals surface area contributed by atoms with Crippen LogP contribution < -0.4 is 0 Å². The fourth-order valence-corrected chi connectivity index (χ4v) is 1.67. The standard InChI is InChI=1S/C8H13NOS/c1-6-4-3-5-7(10)8(9-6)11-2/h4,7,10H,3,5H2,1-2H3. The molecule has 0 fully saturated rings. The van der Waals surface area contributed by atoms with Crippen molar-refractivity contribution in [2.75, 3.05) is 6.26 Å². The number of aliphatic imine (C=N–C) groups is 1. The SMILES string of the molecule is CSC1=NC(C)=CCCC1O. The number of thioether (sulfide) groups is 1. The molecule has 0 amide bonds. The van der Waals surface area contributed by atoms with Crippen LogP contribution in [0.2, 0.25) is 0 Å². The molecule has 0 spiro atoms. The lowest BCUT2D eigenvalue weighted by atomic mass is 10.2. The molecule has 0 radical (unpaired) electrons. The van der Waals surface area contributed by atoms with Crippen LogP contribution in [-0.2, 0) is 0 Å². The molecule has 1 rings (SSSR count). The Bertz CT molecular complexity index is 198. The first-order valence-corrected chi connectivity index (χ1v) is 4.94. The summed E-state index contributed by atoms with van der Waals surface area (Å²) in [5, 5.41) is 10.3. The molecule has 1 atom stereocenters. The molecule has 62 valence electrons. The summed E-state index contributed by atoms with van der Waals surface area (Å²) in [7, 11) is 0. The number of allylic oxidation sites excluding steroid dienone is 2. The molecule has 0 aromatic carbocycles. The fraction of sp³-hybridized carbons (Fsp3) is 0.625.